The zero-order chi connectivity index (χ0) is 16.8. The van der Waals surface area contributed by atoms with E-state index in [4.69, 9.17) is 16.4 Å². The first kappa shape index (κ1) is 16.5. The topological polar surface area (TPSA) is 63.6 Å². The highest BCUT2D eigenvalue weighted by Crippen LogP contribution is 2.18. The lowest BCUT2D eigenvalue weighted by atomic mass is 10.0. The fourth-order valence-corrected chi connectivity index (χ4v) is 2.60. The number of nitrogens with one attached hydrogen (secondary N) is 1. The molecule has 124 valence electrons. The van der Waals surface area contributed by atoms with Gasteiger partial charge in [-0.15, -0.1) is 0 Å². The number of nitrogens with zero attached hydrogens (tertiary/aromatic N) is 2. The fourth-order valence-electron chi connectivity index (χ4n) is 2.47. The van der Waals surface area contributed by atoms with Crippen molar-refractivity contribution in [2.45, 2.75) is 25.4 Å². The van der Waals surface area contributed by atoms with E-state index >= 15 is 0 Å². The second-order valence-electron chi connectivity index (χ2n) is 5.56. The number of oxime groups is 1. The van der Waals surface area contributed by atoms with E-state index in [-0.39, 0.29) is 5.91 Å². The van der Waals surface area contributed by atoms with Crippen LogP contribution in [0.15, 0.2) is 53.8 Å². The number of carbonyl (C=O) groups excluding carboxylic acids is 1. The van der Waals surface area contributed by atoms with E-state index in [2.05, 4.69) is 15.5 Å². The molecule has 5 nitrogen and oxygen atoms in total. The SMILES string of the molecule is O=C(NCCCc1ccccn1)[C@@H]1CC(c2ccc(Cl)cc2)=NO1. The minimum absolute atomic E-state index is 0.135. The van der Waals surface area contributed by atoms with E-state index < -0.39 is 6.10 Å². The van der Waals surface area contributed by atoms with Gasteiger partial charge < -0.3 is 10.2 Å². The van der Waals surface area contributed by atoms with Gasteiger partial charge in [-0.05, 0) is 42.7 Å². The van der Waals surface area contributed by atoms with Gasteiger partial charge in [0.25, 0.3) is 5.91 Å². The Morgan fingerprint density at radius 2 is 2.08 bits per heavy atom. The third kappa shape index (κ3) is 4.32. The van der Waals surface area contributed by atoms with Gasteiger partial charge in [0.05, 0.1) is 5.71 Å². The molecule has 1 N–H and O–H groups in total. The molecule has 2 heterocycles. The van der Waals surface area contributed by atoms with Crippen LogP contribution in [0, 0.1) is 0 Å². The third-order valence-corrected chi connectivity index (χ3v) is 4.03. The zero-order valence-electron chi connectivity index (χ0n) is 13.1. The number of aromatic nitrogens is 1. The van der Waals surface area contributed by atoms with Crippen LogP contribution in [-0.4, -0.2) is 29.3 Å². The molecule has 24 heavy (non-hydrogen) atoms. The molecule has 0 saturated carbocycles. The lowest BCUT2D eigenvalue weighted by Crippen LogP contribution is -2.35. The van der Waals surface area contributed by atoms with Gasteiger partial charge >= 0.3 is 0 Å². The predicted octanol–water partition coefficient (Wildman–Crippen LogP) is 2.98. The molecule has 1 aliphatic heterocycles. The molecule has 0 bridgehead atoms. The first-order valence-corrected chi connectivity index (χ1v) is 8.26. The summed E-state index contributed by atoms with van der Waals surface area (Å²) < 4.78 is 0. The molecule has 3 rings (SSSR count). The third-order valence-electron chi connectivity index (χ3n) is 3.77. The molecule has 1 aromatic heterocycles. The average molecular weight is 344 g/mol. The number of benzene rings is 1. The molecule has 1 amide bonds. The summed E-state index contributed by atoms with van der Waals surface area (Å²) in [5, 5.41) is 7.57. The van der Waals surface area contributed by atoms with Gasteiger partial charge in [0.2, 0.25) is 6.10 Å². The highest BCUT2D eigenvalue weighted by atomic mass is 35.5. The van der Waals surface area contributed by atoms with Gasteiger partial charge in [0, 0.05) is 29.9 Å². The van der Waals surface area contributed by atoms with Crippen molar-refractivity contribution >= 4 is 23.2 Å². The maximum Gasteiger partial charge on any atom is 0.264 e. The second-order valence-corrected chi connectivity index (χ2v) is 6.00. The molecule has 1 aliphatic rings. The molecule has 0 spiro atoms. The molecule has 6 heteroatoms. The molecule has 0 aliphatic carbocycles. The van der Waals surface area contributed by atoms with Gasteiger partial charge in [0.15, 0.2) is 0 Å². The Hall–Kier alpha value is -2.40. The van der Waals surface area contributed by atoms with Crippen LogP contribution in [0.4, 0.5) is 0 Å². The maximum atomic E-state index is 12.1. The summed E-state index contributed by atoms with van der Waals surface area (Å²) in [6.07, 6.45) is 3.34. The number of amides is 1. The summed E-state index contributed by atoms with van der Waals surface area (Å²) in [4.78, 5) is 21.7. The Morgan fingerprint density at radius 1 is 1.25 bits per heavy atom. The van der Waals surface area contributed by atoms with Crippen LogP contribution in [0.5, 0.6) is 0 Å². The monoisotopic (exact) mass is 343 g/mol. The molecule has 2 aromatic rings. The molecule has 0 saturated heterocycles. The van der Waals surface area contributed by atoms with Crippen molar-refractivity contribution in [3.05, 3.63) is 64.9 Å². The van der Waals surface area contributed by atoms with Gasteiger partial charge in [-0.25, -0.2) is 0 Å². The minimum Gasteiger partial charge on any atom is -0.382 e. The summed E-state index contributed by atoms with van der Waals surface area (Å²) in [5.41, 5.74) is 2.71. The lowest BCUT2D eigenvalue weighted by Gasteiger charge is -2.09. The zero-order valence-corrected chi connectivity index (χ0v) is 13.9. The van der Waals surface area contributed by atoms with Crippen LogP contribution < -0.4 is 5.32 Å². The van der Waals surface area contributed by atoms with Gasteiger partial charge in [-0.2, -0.15) is 0 Å². The van der Waals surface area contributed by atoms with Crippen LogP contribution in [0.3, 0.4) is 0 Å². The molecule has 1 aromatic carbocycles. The van der Waals surface area contributed by atoms with Gasteiger partial charge in [-0.3, -0.25) is 9.78 Å². The average Bonchev–Trinajstić information content (AvgIpc) is 3.10. The van der Waals surface area contributed by atoms with E-state index in [1.807, 2.05) is 30.3 Å². The number of pyridine rings is 1. The first-order chi connectivity index (χ1) is 11.7. The summed E-state index contributed by atoms with van der Waals surface area (Å²) in [6, 6.07) is 13.2. The van der Waals surface area contributed by atoms with Crippen molar-refractivity contribution in [1.82, 2.24) is 10.3 Å². The highest BCUT2D eigenvalue weighted by molar-refractivity contribution is 6.30. The van der Waals surface area contributed by atoms with Crippen molar-refractivity contribution < 1.29 is 9.63 Å². The van der Waals surface area contributed by atoms with Gasteiger partial charge in [-0.1, -0.05) is 35.0 Å². The lowest BCUT2D eigenvalue weighted by molar-refractivity contribution is -0.131. The number of rotatable bonds is 6. The standard InChI is InChI=1S/C18H18ClN3O2/c19-14-8-6-13(7-9-14)16-12-17(24-22-16)18(23)21-11-3-5-15-4-1-2-10-20-15/h1-2,4,6-10,17H,3,5,11-12H2,(H,21,23)/t17-/m0/s1. The van der Waals surface area contributed by atoms with E-state index in [0.29, 0.717) is 18.0 Å². The summed E-state index contributed by atoms with van der Waals surface area (Å²) in [7, 11) is 0. The summed E-state index contributed by atoms with van der Waals surface area (Å²) in [5.74, 6) is -0.135. The van der Waals surface area contributed by atoms with Crippen molar-refractivity contribution in [2.24, 2.45) is 5.16 Å². The van der Waals surface area contributed by atoms with Crippen molar-refractivity contribution in [1.29, 1.82) is 0 Å². The molecule has 1 atom stereocenters. The largest absolute Gasteiger partial charge is 0.382 e. The second kappa shape index (κ2) is 7.93. The van der Waals surface area contributed by atoms with Crippen LogP contribution in [0.2, 0.25) is 5.02 Å². The normalized spacial score (nSPS) is 16.4. The Morgan fingerprint density at radius 3 is 2.83 bits per heavy atom. The Labute approximate surface area is 145 Å². The molecule has 0 fully saturated rings. The van der Waals surface area contributed by atoms with E-state index in [1.54, 1.807) is 18.3 Å². The Balaban J connectivity index is 1.41. The Bertz CT molecular complexity index is 717. The number of hydrogen-bond acceptors (Lipinski definition) is 4. The van der Waals surface area contributed by atoms with Crippen molar-refractivity contribution in [3.8, 4) is 0 Å². The van der Waals surface area contributed by atoms with Crippen molar-refractivity contribution in [2.75, 3.05) is 6.54 Å². The van der Waals surface area contributed by atoms with Crippen LogP contribution in [0.1, 0.15) is 24.1 Å². The quantitative estimate of drug-likeness (QED) is 0.820. The predicted molar refractivity (Wildman–Crippen MR) is 93.0 cm³/mol. The molecule has 0 radical (unpaired) electrons. The molecular formula is C18H18ClN3O2. The summed E-state index contributed by atoms with van der Waals surface area (Å²) >= 11 is 5.87. The van der Waals surface area contributed by atoms with Crippen LogP contribution in [-0.2, 0) is 16.1 Å². The maximum absolute atomic E-state index is 12.1. The van der Waals surface area contributed by atoms with Gasteiger partial charge in [0.1, 0.15) is 0 Å². The van der Waals surface area contributed by atoms with E-state index in [0.717, 1.165) is 29.8 Å². The minimum atomic E-state index is -0.564. The number of aryl methyl sites for hydroxylation is 1. The first-order valence-electron chi connectivity index (χ1n) is 7.88. The number of hydrogen-bond donors (Lipinski definition) is 1. The number of carbonyl (C=O) groups is 1. The van der Waals surface area contributed by atoms with Crippen LogP contribution in [0.25, 0.3) is 0 Å². The smallest absolute Gasteiger partial charge is 0.264 e. The van der Waals surface area contributed by atoms with Crippen molar-refractivity contribution in [3.63, 3.8) is 0 Å². The Kier molecular flexibility index (Phi) is 5.43. The fraction of sp³-hybridized carbons (Fsp3) is 0.278. The summed E-state index contributed by atoms with van der Waals surface area (Å²) in [6.45, 7) is 0.589. The van der Waals surface area contributed by atoms with Crippen LogP contribution >= 0.6 is 11.6 Å². The highest BCUT2D eigenvalue weighted by Gasteiger charge is 2.28. The van der Waals surface area contributed by atoms with E-state index in [9.17, 15) is 4.79 Å². The number of halogens is 1. The molecular weight excluding hydrogens is 326 g/mol. The molecule has 0 unspecified atom stereocenters. The van der Waals surface area contributed by atoms with E-state index in [1.165, 1.54) is 0 Å².